The zero-order chi connectivity index (χ0) is 25.0. The van der Waals surface area contributed by atoms with Crippen molar-refractivity contribution >= 4 is 21.3 Å². The fourth-order valence-corrected chi connectivity index (χ4v) is 5.60. The summed E-state index contributed by atoms with van der Waals surface area (Å²) in [6, 6.07) is 8.32. The lowest BCUT2D eigenvalue weighted by atomic mass is 10.0. The second-order valence-electron chi connectivity index (χ2n) is 8.94. The number of hydrogen-bond donors (Lipinski definition) is 0. The number of likely N-dealkylation sites (N-methyl/N-ethyl adjacent to an activating group) is 1. The number of anilines is 1. The molecule has 1 aromatic carbocycles. The molecule has 2 aromatic rings. The van der Waals surface area contributed by atoms with Crippen molar-refractivity contribution in [3.8, 4) is 0 Å². The summed E-state index contributed by atoms with van der Waals surface area (Å²) in [6.45, 7) is 14.8. The van der Waals surface area contributed by atoms with Crippen LogP contribution < -0.4 is 4.31 Å². The molecule has 0 bridgehead atoms. The summed E-state index contributed by atoms with van der Waals surface area (Å²) in [6.07, 6.45) is 5.02. The topological polar surface area (TPSA) is 61.7 Å². The van der Waals surface area contributed by atoms with E-state index in [1.54, 1.807) is 36.9 Å². The maximum Gasteiger partial charge on any atom is 0.263 e. The van der Waals surface area contributed by atoms with Gasteiger partial charge in [-0.25, -0.2) is 8.42 Å². The van der Waals surface area contributed by atoms with E-state index in [2.05, 4.69) is 40.7 Å². The molecule has 7 nitrogen and oxygen atoms in total. The number of piperazine rings is 1. The first-order chi connectivity index (χ1) is 16.0. The number of aryl methyl sites for hydroxylation is 2. The molecule has 0 N–H and O–H groups in total. The van der Waals surface area contributed by atoms with Gasteiger partial charge in [-0.05, 0) is 56.7 Å². The van der Waals surface area contributed by atoms with Crippen LogP contribution in [0.2, 0.25) is 0 Å². The van der Waals surface area contributed by atoms with Gasteiger partial charge in [0.15, 0.2) is 0 Å². The summed E-state index contributed by atoms with van der Waals surface area (Å²) in [5.74, 6) is 0. The highest BCUT2D eigenvalue weighted by atomic mass is 32.2. The summed E-state index contributed by atoms with van der Waals surface area (Å²) >= 11 is 0. The quantitative estimate of drug-likeness (QED) is 0.536. The average Bonchev–Trinajstić information content (AvgIpc) is 3.06. The molecular formula is C26H37N5O2S. The molecule has 0 unspecified atom stereocenters. The van der Waals surface area contributed by atoms with E-state index in [1.807, 2.05) is 33.0 Å². The van der Waals surface area contributed by atoms with Gasteiger partial charge < -0.3 is 4.90 Å². The van der Waals surface area contributed by atoms with Crippen molar-refractivity contribution in [2.45, 2.75) is 27.3 Å². The van der Waals surface area contributed by atoms with E-state index in [-0.39, 0.29) is 4.91 Å². The first-order valence-electron chi connectivity index (χ1n) is 11.6. The SMILES string of the molecule is C=C(/C=C\C(=C/C)S(=O)(=O)N(C)c1c(C)nn(C)c1C)c1cccc(CN2CCN(C)CC2)c1. The van der Waals surface area contributed by atoms with Crippen LogP contribution in [0.1, 0.15) is 29.4 Å². The van der Waals surface area contributed by atoms with E-state index >= 15 is 0 Å². The molecule has 0 aliphatic carbocycles. The lowest BCUT2D eigenvalue weighted by Gasteiger charge is -2.32. The molecule has 1 aromatic heterocycles. The zero-order valence-electron chi connectivity index (χ0n) is 21.2. The minimum Gasteiger partial charge on any atom is -0.304 e. The molecule has 1 aliphatic heterocycles. The molecule has 0 radical (unpaired) electrons. The molecule has 1 aliphatic rings. The number of aromatic nitrogens is 2. The first kappa shape index (κ1) is 25.9. The van der Waals surface area contributed by atoms with Crippen LogP contribution in [0.25, 0.3) is 5.57 Å². The number of hydrogen-bond acceptors (Lipinski definition) is 5. The number of sulfonamides is 1. The average molecular weight is 484 g/mol. The highest BCUT2D eigenvalue weighted by Crippen LogP contribution is 2.28. The molecule has 0 saturated carbocycles. The molecule has 3 rings (SSSR count). The maximum absolute atomic E-state index is 13.4. The van der Waals surface area contributed by atoms with Gasteiger partial charge in [0.1, 0.15) is 0 Å². The predicted molar refractivity (Wildman–Crippen MR) is 141 cm³/mol. The van der Waals surface area contributed by atoms with Gasteiger partial charge in [-0.15, -0.1) is 0 Å². The minimum absolute atomic E-state index is 0.215. The van der Waals surface area contributed by atoms with Crippen LogP contribution in [0, 0.1) is 13.8 Å². The molecule has 1 fully saturated rings. The predicted octanol–water partition coefficient (Wildman–Crippen LogP) is 3.72. The third kappa shape index (κ3) is 5.68. The van der Waals surface area contributed by atoms with E-state index in [9.17, 15) is 8.42 Å². The smallest absolute Gasteiger partial charge is 0.263 e. The van der Waals surface area contributed by atoms with Crippen molar-refractivity contribution in [3.05, 3.63) is 76.5 Å². The number of allylic oxidation sites excluding steroid dienone is 4. The van der Waals surface area contributed by atoms with Gasteiger partial charge in [0.05, 0.1) is 22.0 Å². The highest BCUT2D eigenvalue weighted by molar-refractivity contribution is 7.96. The van der Waals surface area contributed by atoms with Crippen molar-refractivity contribution in [3.63, 3.8) is 0 Å². The van der Waals surface area contributed by atoms with Gasteiger partial charge in [-0.3, -0.25) is 13.9 Å². The van der Waals surface area contributed by atoms with E-state index in [1.165, 1.54) is 9.87 Å². The number of rotatable bonds is 8. The Morgan fingerprint density at radius 1 is 1.15 bits per heavy atom. The zero-order valence-corrected chi connectivity index (χ0v) is 22.1. The second kappa shape index (κ2) is 10.7. The van der Waals surface area contributed by atoms with Crippen LogP contribution in [-0.4, -0.2) is 68.3 Å². The van der Waals surface area contributed by atoms with Crippen LogP contribution in [-0.2, 0) is 23.6 Å². The summed E-state index contributed by atoms with van der Waals surface area (Å²) in [7, 11) is 1.79. The standard InChI is InChI=1S/C26H37N5O2S/c1-8-25(34(32,33)30(7)26-21(3)27-29(6)22(26)4)13-12-20(2)24-11-9-10-23(18-24)19-31-16-14-28(5)15-17-31/h8-13,18H,2,14-17,19H2,1,3-7H3/b13-12-,25-8+. The largest absolute Gasteiger partial charge is 0.304 e. The van der Waals surface area contributed by atoms with Gasteiger partial charge in [-0.1, -0.05) is 36.9 Å². The Balaban J connectivity index is 1.75. The van der Waals surface area contributed by atoms with Gasteiger partial charge >= 0.3 is 0 Å². The summed E-state index contributed by atoms with van der Waals surface area (Å²) in [4.78, 5) is 5.02. The summed E-state index contributed by atoms with van der Waals surface area (Å²) in [5.41, 5.74) is 5.06. The Kier molecular flexibility index (Phi) is 8.17. The van der Waals surface area contributed by atoms with Crippen molar-refractivity contribution in [1.29, 1.82) is 0 Å². The van der Waals surface area contributed by atoms with Gasteiger partial charge in [0.2, 0.25) is 0 Å². The molecule has 0 spiro atoms. The van der Waals surface area contributed by atoms with Crippen molar-refractivity contribution in [2.24, 2.45) is 7.05 Å². The highest BCUT2D eigenvalue weighted by Gasteiger charge is 2.26. The third-order valence-electron chi connectivity index (χ3n) is 6.48. The summed E-state index contributed by atoms with van der Waals surface area (Å²) < 4.78 is 29.7. The van der Waals surface area contributed by atoms with E-state index < -0.39 is 10.0 Å². The number of benzene rings is 1. The van der Waals surface area contributed by atoms with Crippen LogP contribution in [0.15, 0.2) is 54.0 Å². The van der Waals surface area contributed by atoms with Crippen molar-refractivity contribution in [2.75, 3.05) is 44.6 Å². The Morgan fingerprint density at radius 3 is 2.41 bits per heavy atom. The molecule has 8 heteroatoms. The third-order valence-corrected chi connectivity index (χ3v) is 8.35. The normalized spacial score (nSPS) is 16.4. The summed E-state index contributed by atoms with van der Waals surface area (Å²) in [5, 5.41) is 4.35. The Bertz CT molecular complexity index is 1200. The Labute approximate surface area is 204 Å². The molecule has 0 amide bonds. The van der Waals surface area contributed by atoms with Gasteiger partial charge in [-0.2, -0.15) is 5.10 Å². The van der Waals surface area contributed by atoms with Crippen molar-refractivity contribution in [1.82, 2.24) is 19.6 Å². The molecular weight excluding hydrogens is 446 g/mol. The fourth-order valence-electron chi connectivity index (χ4n) is 4.24. The van der Waals surface area contributed by atoms with Crippen LogP contribution in [0.4, 0.5) is 5.69 Å². The molecule has 0 atom stereocenters. The van der Waals surface area contributed by atoms with Crippen LogP contribution in [0.3, 0.4) is 0 Å². The molecule has 2 heterocycles. The van der Waals surface area contributed by atoms with Crippen LogP contribution in [0.5, 0.6) is 0 Å². The molecule has 34 heavy (non-hydrogen) atoms. The van der Waals surface area contributed by atoms with Crippen LogP contribution >= 0.6 is 0 Å². The maximum atomic E-state index is 13.4. The van der Waals surface area contributed by atoms with Crippen molar-refractivity contribution < 1.29 is 8.42 Å². The monoisotopic (exact) mass is 483 g/mol. The lowest BCUT2D eigenvalue weighted by Crippen LogP contribution is -2.43. The minimum atomic E-state index is -3.74. The van der Waals surface area contributed by atoms with E-state index in [0.29, 0.717) is 11.4 Å². The number of nitrogens with zero attached hydrogens (tertiary/aromatic N) is 5. The Morgan fingerprint density at radius 2 is 1.82 bits per heavy atom. The van der Waals surface area contributed by atoms with Gasteiger partial charge in [0.25, 0.3) is 10.0 Å². The Hall–Kier alpha value is -2.68. The second-order valence-corrected chi connectivity index (χ2v) is 10.9. The first-order valence-corrected chi connectivity index (χ1v) is 13.0. The molecule has 184 valence electrons. The molecule has 1 saturated heterocycles. The lowest BCUT2D eigenvalue weighted by molar-refractivity contribution is 0.148. The van der Waals surface area contributed by atoms with E-state index in [0.717, 1.165) is 49.6 Å². The fraction of sp³-hybridized carbons (Fsp3) is 0.423. The van der Waals surface area contributed by atoms with Gasteiger partial charge in [0, 0.05) is 46.8 Å². The van der Waals surface area contributed by atoms with E-state index in [4.69, 9.17) is 0 Å².